The number of aliphatic carboxylic acids is 1. The molecule has 1 aliphatic heterocycles. The molecule has 0 radical (unpaired) electrons. The maximum Gasteiger partial charge on any atom is 0.304 e. The molecule has 0 aromatic heterocycles. The summed E-state index contributed by atoms with van der Waals surface area (Å²) in [5, 5.41) is 17.4. The van der Waals surface area contributed by atoms with Crippen molar-refractivity contribution in [2.45, 2.75) is 18.9 Å². The fourth-order valence-corrected chi connectivity index (χ4v) is 1.27. The molecule has 0 unspecified atom stereocenters. The minimum Gasteiger partial charge on any atom is -0.481 e. The van der Waals surface area contributed by atoms with Crippen molar-refractivity contribution in [3.63, 3.8) is 0 Å². The molecule has 1 aliphatic rings. The van der Waals surface area contributed by atoms with Gasteiger partial charge in [0.15, 0.2) is 0 Å². The average molecular weight is 159 g/mol. The fourth-order valence-electron chi connectivity index (χ4n) is 1.27. The van der Waals surface area contributed by atoms with Crippen molar-refractivity contribution in [3.8, 4) is 0 Å². The van der Waals surface area contributed by atoms with Gasteiger partial charge < -0.3 is 15.1 Å². The third-order valence-corrected chi connectivity index (χ3v) is 1.89. The lowest BCUT2D eigenvalue weighted by atomic mass is 10.3. The predicted molar refractivity (Wildman–Crippen MR) is 39.3 cm³/mol. The number of hydrogen-bond donors (Lipinski definition) is 2. The van der Waals surface area contributed by atoms with Crippen LogP contribution in [0, 0.1) is 0 Å². The van der Waals surface area contributed by atoms with Crippen LogP contribution in [-0.4, -0.2) is 46.8 Å². The second-order valence-corrected chi connectivity index (χ2v) is 2.89. The third-order valence-electron chi connectivity index (χ3n) is 1.89. The molecule has 1 fully saturated rings. The molecule has 0 aromatic carbocycles. The Morgan fingerprint density at radius 3 is 2.82 bits per heavy atom. The summed E-state index contributed by atoms with van der Waals surface area (Å²) >= 11 is 0. The molecular formula is C7H13NO3. The molecule has 0 spiro atoms. The summed E-state index contributed by atoms with van der Waals surface area (Å²) in [7, 11) is 0. The van der Waals surface area contributed by atoms with E-state index in [0.717, 1.165) is 13.0 Å². The minimum atomic E-state index is -0.772. The SMILES string of the molecule is O=C(O)CCN1CC[C@@H](O)C1. The molecule has 0 amide bonds. The molecule has 64 valence electrons. The van der Waals surface area contributed by atoms with E-state index in [4.69, 9.17) is 10.2 Å². The van der Waals surface area contributed by atoms with E-state index in [1.54, 1.807) is 0 Å². The second kappa shape index (κ2) is 3.69. The Morgan fingerprint density at radius 1 is 1.64 bits per heavy atom. The van der Waals surface area contributed by atoms with Crippen LogP contribution >= 0.6 is 0 Å². The van der Waals surface area contributed by atoms with E-state index in [1.165, 1.54) is 0 Å². The van der Waals surface area contributed by atoms with Gasteiger partial charge in [-0.1, -0.05) is 0 Å². The molecule has 0 bridgehead atoms. The van der Waals surface area contributed by atoms with Gasteiger partial charge in [-0.2, -0.15) is 0 Å². The molecule has 0 aromatic rings. The van der Waals surface area contributed by atoms with Gasteiger partial charge in [-0.25, -0.2) is 0 Å². The van der Waals surface area contributed by atoms with Gasteiger partial charge >= 0.3 is 5.97 Å². The number of likely N-dealkylation sites (tertiary alicyclic amines) is 1. The number of carboxylic acids is 1. The summed E-state index contributed by atoms with van der Waals surface area (Å²) in [6, 6.07) is 0. The zero-order valence-corrected chi connectivity index (χ0v) is 6.36. The Bertz CT molecular complexity index is 149. The molecular weight excluding hydrogens is 146 g/mol. The zero-order valence-electron chi connectivity index (χ0n) is 6.36. The van der Waals surface area contributed by atoms with Crippen LogP contribution in [-0.2, 0) is 4.79 Å². The number of aliphatic hydroxyl groups excluding tert-OH is 1. The van der Waals surface area contributed by atoms with E-state index < -0.39 is 5.97 Å². The first-order valence-electron chi connectivity index (χ1n) is 3.80. The van der Waals surface area contributed by atoms with Crippen molar-refractivity contribution in [1.29, 1.82) is 0 Å². The highest BCUT2D eigenvalue weighted by molar-refractivity contribution is 5.66. The number of carboxylic acid groups (broad SMARTS) is 1. The first kappa shape index (κ1) is 8.49. The number of carbonyl (C=O) groups is 1. The second-order valence-electron chi connectivity index (χ2n) is 2.89. The highest BCUT2D eigenvalue weighted by Gasteiger charge is 2.19. The van der Waals surface area contributed by atoms with E-state index in [9.17, 15) is 4.79 Å². The summed E-state index contributed by atoms with van der Waals surface area (Å²) in [6.07, 6.45) is 0.704. The molecule has 4 nitrogen and oxygen atoms in total. The highest BCUT2D eigenvalue weighted by Crippen LogP contribution is 2.08. The van der Waals surface area contributed by atoms with E-state index in [1.807, 2.05) is 4.90 Å². The van der Waals surface area contributed by atoms with E-state index in [0.29, 0.717) is 13.1 Å². The van der Waals surface area contributed by atoms with E-state index in [2.05, 4.69) is 0 Å². The van der Waals surface area contributed by atoms with Gasteiger partial charge in [-0.3, -0.25) is 4.79 Å². The molecule has 0 saturated carbocycles. The fraction of sp³-hybridized carbons (Fsp3) is 0.857. The maximum atomic E-state index is 10.1. The van der Waals surface area contributed by atoms with Crippen LogP contribution in [0.4, 0.5) is 0 Å². The summed E-state index contributed by atoms with van der Waals surface area (Å²) in [5.74, 6) is -0.772. The summed E-state index contributed by atoms with van der Waals surface area (Å²) < 4.78 is 0. The van der Waals surface area contributed by atoms with E-state index in [-0.39, 0.29) is 12.5 Å². The molecule has 1 atom stereocenters. The minimum absolute atomic E-state index is 0.173. The van der Waals surface area contributed by atoms with Crippen molar-refractivity contribution < 1.29 is 15.0 Å². The summed E-state index contributed by atoms with van der Waals surface area (Å²) in [5.41, 5.74) is 0. The Balaban J connectivity index is 2.13. The van der Waals surface area contributed by atoms with Gasteiger partial charge in [0, 0.05) is 19.6 Å². The Labute approximate surface area is 65.4 Å². The largest absolute Gasteiger partial charge is 0.481 e. The van der Waals surface area contributed by atoms with Crippen molar-refractivity contribution >= 4 is 5.97 Å². The van der Waals surface area contributed by atoms with Crippen LogP contribution < -0.4 is 0 Å². The Hall–Kier alpha value is -0.610. The van der Waals surface area contributed by atoms with Crippen LogP contribution in [0.5, 0.6) is 0 Å². The lowest BCUT2D eigenvalue weighted by Gasteiger charge is -2.12. The molecule has 0 aliphatic carbocycles. The Morgan fingerprint density at radius 2 is 2.36 bits per heavy atom. The van der Waals surface area contributed by atoms with Gasteiger partial charge in [-0.15, -0.1) is 0 Å². The Kier molecular flexibility index (Phi) is 2.84. The molecule has 1 heterocycles. The topological polar surface area (TPSA) is 60.8 Å². The molecule has 11 heavy (non-hydrogen) atoms. The van der Waals surface area contributed by atoms with Gasteiger partial charge in [0.05, 0.1) is 12.5 Å². The number of nitrogens with zero attached hydrogens (tertiary/aromatic N) is 1. The highest BCUT2D eigenvalue weighted by atomic mass is 16.4. The van der Waals surface area contributed by atoms with Crippen LogP contribution in [0.3, 0.4) is 0 Å². The van der Waals surface area contributed by atoms with E-state index >= 15 is 0 Å². The standard InChI is InChI=1S/C7H13NO3/c9-6-1-3-8(5-6)4-2-7(10)11/h6,9H,1-5H2,(H,10,11)/t6-/m1/s1. The van der Waals surface area contributed by atoms with Gasteiger partial charge in [-0.05, 0) is 6.42 Å². The number of rotatable bonds is 3. The monoisotopic (exact) mass is 159 g/mol. The molecule has 1 rings (SSSR count). The first-order chi connectivity index (χ1) is 5.18. The number of aliphatic hydroxyl groups is 1. The maximum absolute atomic E-state index is 10.1. The van der Waals surface area contributed by atoms with Crippen molar-refractivity contribution in [2.75, 3.05) is 19.6 Å². The summed E-state index contributed by atoms with van der Waals surface area (Å²) in [6.45, 7) is 2.02. The van der Waals surface area contributed by atoms with Gasteiger partial charge in [0.1, 0.15) is 0 Å². The number of β-amino-alcohol motifs (C(OH)–C–C–N with tert-alkyl or cyclic N) is 1. The predicted octanol–water partition coefficient (Wildman–Crippen LogP) is -0.472. The van der Waals surface area contributed by atoms with Crippen LogP contribution in [0.15, 0.2) is 0 Å². The molecule has 2 N–H and O–H groups in total. The van der Waals surface area contributed by atoms with Crippen LogP contribution in [0.2, 0.25) is 0 Å². The van der Waals surface area contributed by atoms with Crippen LogP contribution in [0.1, 0.15) is 12.8 Å². The van der Waals surface area contributed by atoms with Crippen molar-refractivity contribution in [1.82, 2.24) is 4.90 Å². The quantitative estimate of drug-likeness (QED) is 0.584. The average Bonchev–Trinajstić information content (AvgIpc) is 2.31. The van der Waals surface area contributed by atoms with Gasteiger partial charge in [0.2, 0.25) is 0 Å². The normalized spacial score (nSPS) is 25.7. The molecule has 4 heteroatoms. The lowest BCUT2D eigenvalue weighted by molar-refractivity contribution is -0.137. The zero-order chi connectivity index (χ0) is 8.27. The van der Waals surface area contributed by atoms with Crippen LogP contribution in [0.25, 0.3) is 0 Å². The molecule has 1 saturated heterocycles. The first-order valence-corrected chi connectivity index (χ1v) is 3.80. The van der Waals surface area contributed by atoms with Gasteiger partial charge in [0.25, 0.3) is 0 Å². The third kappa shape index (κ3) is 2.86. The van der Waals surface area contributed by atoms with Crippen molar-refractivity contribution in [3.05, 3.63) is 0 Å². The smallest absolute Gasteiger partial charge is 0.304 e. The number of hydrogen-bond acceptors (Lipinski definition) is 3. The van der Waals surface area contributed by atoms with Crippen molar-refractivity contribution in [2.24, 2.45) is 0 Å². The summed E-state index contributed by atoms with van der Waals surface area (Å²) in [4.78, 5) is 12.1. The lowest BCUT2D eigenvalue weighted by Crippen LogP contribution is -2.24.